The first kappa shape index (κ1) is 8.50. The molecule has 0 amide bonds. The van der Waals surface area contributed by atoms with Crippen LogP contribution >= 0.6 is 11.6 Å². The Bertz CT molecular complexity index is 112. The normalized spacial score (nSPS) is 12.2. The molecule has 0 N–H and O–H groups in total. The van der Waals surface area contributed by atoms with Crippen LogP contribution in [0, 0.1) is 0 Å². The molecule has 52 valence electrons. The van der Waals surface area contributed by atoms with Gasteiger partial charge in [-0.15, -0.1) is 18.2 Å². The fraction of sp³-hybridized carbons (Fsp3) is 0.500. The van der Waals surface area contributed by atoms with Gasteiger partial charge in [-0.2, -0.15) is 0 Å². The molecule has 0 aromatic rings. The maximum Gasteiger partial charge on any atom is 0.324 e. The molecule has 1 atom stereocenters. The van der Waals surface area contributed by atoms with E-state index in [4.69, 9.17) is 11.6 Å². The minimum atomic E-state index is -0.576. The van der Waals surface area contributed by atoms with Crippen molar-refractivity contribution in [3.05, 3.63) is 12.7 Å². The number of rotatable bonds is 3. The van der Waals surface area contributed by atoms with Crippen LogP contribution in [0.1, 0.15) is 6.42 Å². The van der Waals surface area contributed by atoms with Gasteiger partial charge in [0.05, 0.1) is 7.11 Å². The van der Waals surface area contributed by atoms with E-state index in [9.17, 15) is 4.79 Å². The van der Waals surface area contributed by atoms with E-state index in [1.807, 2.05) is 0 Å². The van der Waals surface area contributed by atoms with Crippen LogP contribution in [0.25, 0.3) is 0 Å². The number of carbonyl (C=O) groups excluding carboxylic acids is 1. The maximum absolute atomic E-state index is 10.5. The number of hydrogen-bond donors (Lipinski definition) is 0. The standard InChI is InChI=1S/C6H9ClO2/c1-3-4-5(7)6(8)9-2/h3,5H,1,4H2,2H3/t5-/m0/s1. The van der Waals surface area contributed by atoms with Gasteiger partial charge in [0.25, 0.3) is 0 Å². The summed E-state index contributed by atoms with van der Waals surface area (Å²) < 4.78 is 4.35. The molecule has 0 bridgehead atoms. The fourth-order valence-electron chi connectivity index (χ4n) is 0.370. The third-order valence-electron chi connectivity index (χ3n) is 0.831. The Morgan fingerprint density at radius 1 is 2.00 bits per heavy atom. The molecule has 2 nitrogen and oxygen atoms in total. The highest BCUT2D eigenvalue weighted by atomic mass is 35.5. The Labute approximate surface area is 59.5 Å². The molecule has 0 spiro atoms. The lowest BCUT2D eigenvalue weighted by Gasteiger charge is -2.01. The summed E-state index contributed by atoms with van der Waals surface area (Å²) in [5.74, 6) is -0.406. The topological polar surface area (TPSA) is 26.3 Å². The summed E-state index contributed by atoms with van der Waals surface area (Å²) in [4.78, 5) is 10.5. The van der Waals surface area contributed by atoms with E-state index >= 15 is 0 Å². The second kappa shape index (κ2) is 4.39. The molecular formula is C6H9ClO2. The summed E-state index contributed by atoms with van der Waals surface area (Å²) in [6, 6.07) is 0. The highest BCUT2D eigenvalue weighted by molar-refractivity contribution is 6.29. The van der Waals surface area contributed by atoms with E-state index in [1.54, 1.807) is 6.08 Å². The predicted molar refractivity (Wildman–Crippen MR) is 36.5 cm³/mol. The third-order valence-corrected chi connectivity index (χ3v) is 1.19. The molecular weight excluding hydrogens is 140 g/mol. The summed E-state index contributed by atoms with van der Waals surface area (Å²) in [6.45, 7) is 3.43. The smallest absolute Gasteiger partial charge is 0.324 e. The van der Waals surface area contributed by atoms with Gasteiger partial charge in [0.1, 0.15) is 5.38 Å². The Hall–Kier alpha value is -0.500. The van der Waals surface area contributed by atoms with E-state index in [0.29, 0.717) is 6.42 Å². The van der Waals surface area contributed by atoms with Gasteiger partial charge >= 0.3 is 5.97 Å². The van der Waals surface area contributed by atoms with Crippen LogP contribution < -0.4 is 0 Å². The molecule has 0 saturated carbocycles. The van der Waals surface area contributed by atoms with E-state index in [-0.39, 0.29) is 0 Å². The van der Waals surface area contributed by atoms with Gasteiger partial charge in [-0.3, -0.25) is 4.79 Å². The molecule has 0 aliphatic rings. The lowest BCUT2D eigenvalue weighted by molar-refractivity contribution is -0.140. The molecule has 0 aliphatic carbocycles. The van der Waals surface area contributed by atoms with E-state index in [2.05, 4.69) is 11.3 Å². The Balaban J connectivity index is 3.58. The molecule has 0 radical (unpaired) electrons. The molecule has 9 heavy (non-hydrogen) atoms. The van der Waals surface area contributed by atoms with Crippen molar-refractivity contribution in [3.8, 4) is 0 Å². The summed E-state index contributed by atoms with van der Waals surface area (Å²) in [5.41, 5.74) is 0. The average Bonchev–Trinajstić information content (AvgIpc) is 1.87. The number of ether oxygens (including phenoxy) is 1. The summed E-state index contributed by atoms with van der Waals surface area (Å²) in [7, 11) is 1.31. The molecule has 0 saturated heterocycles. The Morgan fingerprint density at radius 2 is 2.56 bits per heavy atom. The Morgan fingerprint density at radius 3 is 2.89 bits per heavy atom. The van der Waals surface area contributed by atoms with Crippen LogP contribution in [0.15, 0.2) is 12.7 Å². The zero-order valence-electron chi connectivity index (χ0n) is 5.26. The van der Waals surface area contributed by atoms with Crippen molar-refractivity contribution in [1.29, 1.82) is 0 Å². The molecule has 0 unspecified atom stereocenters. The van der Waals surface area contributed by atoms with Gasteiger partial charge < -0.3 is 4.74 Å². The molecule has 0 heterocycles. The summed E-state index contributed by atoms with van der Waals surface area (Å²) in [6.07, 6.45) is 2.03. The lowest BCUT2D eigenvalue weighted by Crippen LogP contribution is -2.14. The molecule has 3 heteroatoms. The van der Waals surface area contributed by atoms with Gasteiger partial charge in [-0.25, -0.2) is 0 Å². The largest absolute Gasteiger partial charge is 0.468 e. The van der Waals surface area contributed by atoms with Crippen LogP contribution in [-0.4, -0.2) is 18.5 Å². The van der Waals surface area contributed by atoms with Crippen LogP contribution in [0.2, 0.25) is 0 Å². The Kier molecular flexibility index (Phi) is 4.14. The highest BCUT2D eigenvalue weighted by Crippen LogP contribution is 2.03. The fourth-order valence-corrected chi connectivity index (χ4v) is 0.586. The van der Waals surface area contributed by atoms with E-state index in [0.717, 1.165) is 0 Å². The van der Waals surface area contributed by atoms with Crippen molar-refractivity contribution < 1.29 is 9.53 Å². The first-order valence-electron chi connectivity index (χ1n) is 2.55. The van der Waals surface area contributed by atoms with Crippen LogP contribution in [0.5, 0.6) is 0 Å². The van der Waals surface area contributed by atoms with Crippen molar-refractivity contribution in [3.63, 3.8) is 0 Å². The van der Waals surface area contributed by atoms with Gasteiger partial charge in [0.15, 0.2) is 0 Å². The van der Waals surface area contributed by atoms with Crippen molar-refractivity contribution in [2.45, 2.75) is 11.8 Å². The molecule has 0 aliphatic heterocycles. The average molecular weight is 149 g/mol. The highest BCUT2D eigenvalue weighted by Gasteiger charge is 2.12. The van der Waals surface area contributed by atoms with E-state index < -0.39 is 11.3 Å². The minimum Gasteiger partial charge on any atom is -0.468 e. The number of esters is 1. The SMILES string of the molecule is C=CC[C@H](Cl)C(=O)OC. The van der Waals surface area contributed by atoms with Crippen molar-refractivity contribution >= 4 is 17.6 Å². The number of alkyl halides is 1. The van der Waals surface area contributed by atoms with Crippen molar-refractivity contribution in [2.24, 2.45) is 0 Å². The zero-order chi connectivity index (χ0) is 7.28. The van der Waals surface area contributed by atoms with Crippen molar-refractivity contribution in [1.82, 2.24) is 0 Å². The van der Waals surface area contributed by atoms with Gasteiger partial charge in [0, 0.05) is 0 Å². The first-order chi connectivity index (χ1) is 4.22. The second-order valence-electron chi connectivity index (χ2n) is 1.52. The maximum atomic E-state index is 10.5. The van der Waals surface area contributed by atoms with Gasteiger partial charge in [-0.05, 0) is 6.42 Å². The van der Waals surface area contributed by atoms with Crippen molar-refractivity contribution in [2.75, 3.05) is 7.11 Å². The molecule has 0 fully saturated rings. The third kappa shape index (κ3) is 3.14. The number of carbonyl (C=O) groups is 1. The quantitative estimate of drug-likeness (QED) is 0.343. The summed E-state index contributed by atoms with van der Waals surface area (Å²) in [5, 5.41) is -0.576. The first-order valence-corrected chi connectivity index (χ1v) is 2.98. The summed E-state index contributed by atoms with van der Waals surface area (Å²) >= 11 is 5.49. The van der Waals surface area contributed by atoms with Gasteiger partial charge in [0.2, 0.25) is 0 Å². The van der Waals surface area contributed by atoms with Crippen LogP contribution in [0.3, 0.4) is 0 Å². The van der Waals surface area contributed by atoms with E-state index in [1.165, 1.54) is 7.11 Å². The number of halogens is 1. The van der Waals surface area contributed by atoms with Gasteiger partial charge in [-0.1, -0.05) is 6.08 Å². The van der Waals surface area contributed by atoms with Crippen LogP contribution in [0.4, 0.5) is 0 Å². The monoisotopic (exact) mass is 148 g/mol. The minimum absolute atomic E-state index is 0.406. The molecule has 0 aromatic heterocycles. The number of hydrogen-bond acceptors (Lipinski definition) is 2. The lowest BCUT2D eigenvalue weighted by atomic mass is 10.3. The second-order valence-corrected chi connectivity index (χ2v) is 2.04. The molecule has 0 aromatic carbocycles. The predicted octanol–water partition coefficient (Wildman–Crippen LogP) is 1.34. The zero-order valence-corrected chi connectivity index (χ0v) is 6.02. The molecule has 0 rings (SSSR count). The van der Waals surface area contributed by atoms with Crippen LogP contribution in [-0.2, 0) is 9.53 Å². The number of allylic oxidation sites excluding steroid dienone is 1. The number of methoxy groups -OCH3 is 1.